The van der Waals surface area contributed by atoms with Gasteiger partial charge in [-0.2, -0.15) is 10.1 Å². The van der Waals surface area contributed by atoms with Crippen LogP contribution in [-0.4, -0.2) is 56.9 Å². The monoisotopic (exact) mass is 367 g/mol. The second kappa shape index (κ2) is 6.34. The van der Waals surface area contributed by atoms with Crippen molar-refractivity contribution in [2.24, 2.45) is 0 Å². The molecule has 27 heavy (non-hydrogen) atoms. The van der Waals surface area contributed by atoms with Crippen LogP contribution in [0.2, 0.25) is 0 Å². The fourth-order valence-electron chi connectivity index (χ4n) is 3.62. The minimum Gasteiger partial charge on any atom is -0.380 e. The Hall–Kier alpha value is -2.94. The summed E-state index contributed by atoms with van der Waals surface area (Å²) in [6, 6.07) is 5.60. The predicted molar refractivity (Wildman–Crippen MR) is 99.4 cm³/mol. The smallest absolute Gasteiger partial charge is 0.246 e. The van der Waals surface area contributed by atoms with Crippen molar-refractivity contribution in [3.8, 4) is 0 Å². The van der Waals surface area contributed by atoms with Crippen molar-refractivity contribution in [3.05, 3.63) is 30.1 Å². The summed E-state index contributed by atoms with van der Waals surface area (Å²) in [6.45, 7) is 0.584. The topological polar surface area (TPSA) is 100 Å². The maximum Gasteiger partial charge on any atom is 0.246 e. The number of aromatic nitrogens is 5. The molecule has 1 saturated heterocycles. The Morgan fingerprint density at radius 1 is 1.41 bits per heavy atom. The molecule has 2 fully saturated rings. The third-order valence-electron chi connectivity index (χ3n) is 5.29. The van der Waals surface area contributed by atoms with Crippen molar-refractivity contribution in [1.29, 1.82) is 0 Å². The zero-order valence-corrected chi connectivity index (χ0v) is 15.0. The van der Waals surface area contributed by atoms with Crippen molar-refractivity contribution < 1.29 is 9.53 Å². The second-order valence-electron chi connectivity index (χ2n) is 7.16. The van der Waals surface area contributed by atoms with E-state index in [2.05, 4.69) is 20.6 Å². The van der Waals surface area contributed by atoms with E-state index in [0.717, 1.165) is 23.3 Å². The normalized spacial score (nSPS) is 22.5. The van der Waals surface area contributed by atoms with E-state index in [4.69, 9.17) is 9.72 Å². The Kier molecular flexibility index (Phi) is 3.82. The SMILES string of the molecule is CO[C@H]1C[C@H](C=O)N(c2nc(Nc3cc(C4CC4)[nH]n3)c3cccn3n2)C1. The van der Waals surface area contributed by atoms with Crippen LogP contribution in [0.1, 0.15) is 30.9 Å². The summed E-state index contributed by atoms with van der Waals surface area (Å²) in [5.41, 5.74) is 2.00. The van der Waals surface area contributed by atoms with E-state index in [9.17, 15) is 4.79 Å². The Bertz CT molecular complexity index is 977. The molecule has 5 rings (SSSR count). The van der Waals surface area contributed by atoms with Gasteiger partial charge in [0.05, 0.1) is 12.1 Å². The quantitative estimate of drug-likeness (QED) is 0.642. The van der Waals surface area contributed by atoms with Crippen LogP contribution in [0, 0.1) is 0 Å². The van der Waals surface area contributed by atoms with Gasteiger partial charge in [0.15, 0.2) is 11.6 Å². The molecule has 1 saturated carbocycles. The first kappa shape index (κ1) is 16.2. The number of nitrogens with one attached hydrogen (secondary N) is 2. The number of anilines is 3. The molecule has 9 nitrogen and oxygen atoms in total. The number of hydrogen-bond donors (Lipinski definition) is 2. The van der Waals surface area contributed by atoms with E-state index in [1.165, 1.54) is 12.8 Å². The molecule has 3 aromatic rings. The molecule has 1 aliphatic heterocycles. The summed E-state index contributed by atoms with van der Waals surface area (Å²) in [5, 5.41) is 15.3. The van der Waals surface area contributed by atoms with Gasteiger partial charge < -0.3 is 19.7 Å². The summed E-state index contributed by atoms with van der Waals surface area (Å²) in [7, 11) is 1.66. The van der Waals surface area contributed by atoms with E-state index < -0.39 is 0 Å². The molecule has 1 aliphatic carbocycles. The molecule has 140 valence electrons. The molecular weight excluding hydrogens is 346 g/mol. The molecule has 4 heterocycles. The number of ether oxygens (including phenoxy) is 1. The van der Waals surface area contributed by atoms with Gasteiger partial charge in [-0.25, -0.2) is 4.52 Å². The van der Waals surface area contributed by atoms with Crippen LogP contribution >= 0.6 is 0 Å². The average Bonchev–Trinajstić information content (AvgIpc) is 3.11. The number of rotatable bonds is 6. The first-order valence-electron chi connectivity index (χ1n) is 9.17. The second-order valence-corrected chi connectivity index (χ2v) is 7.16. The van der Waals surface area contributed by atoms with E-state index in [-0.39, 0.29) is 12.1 Å². The van der Waals surface area contributed by atoms with Gasteiger partial charge in [0.1, 0.15) is 11.8 Å². The highest BCUT2D eigenvalue weighted by Gasteiger charge is 2.34. The van der Waals surface area contributed by atoms with Crippen LogP contribution in [0.15, 0.2) is 24.4 Å². The Balaban J connectivity index is 1.49. The van der Waals surface area contributed by atoms with Crippen molar-refractivity contribution >= 4 is 29.4 Å². The zero-order valence-electron chi connectivity index (χ0n) is 15.0. The molecule has 0 radical (unpaired) electrons. The maximum absolute atomic E-state index is 11.5. The summed E-state index contributed by atoms with van der Waals surface area (Å²) in [4.78, 5) is 18.1. The van der Waals surface area contributed by atoms with Crippen molar-refractivity contribution in [2.45, 2.75) is 37.3 Å². The molecule has 0 aromatic carbocycles. The van der Waals surface area contributed by atoms with Gasteiger partial charge in [0, 0.05) is 44.0 Å². The number of aromatic amines is 1. The van der Waals surface area contributed by atoms with Crippen LogP contribution in [-0.2, 0) is 9.53 Å². The first-order valence-corrected chi connectivity index (χ1v) is 9.17. The van der Waals surface area contributed by atoms with E-state index in [1.54, 1.807) is 11.6 Å². The van der Waals surface area contributed by atoms with Crippen molar-refractivity contribution in [2.75, 3.05) is 23.9 Å². The number of nitrogens with zero attached hydrogens (tertiary/aromatic N) is 5. The number of methoxy groups -OCH3 is 1. The Labute approximate surface area is 155 Å². The lowest BCUT2D eigenvalue weighted by Gasteiger charge is -2.21. The summed E-state index contributed by atoms with van der Waals surface area (Å²) in [5.74, 6) is 2.49. The summed E-state index contributed by atoms with van der Waals surface area (Å²) >= 11 is 0. The molecule has 2 atom stereocenters. The highest BCUT2D eigenvalue weighted by atomic mass is 16.5. The molecule has 9 heteroatoms. The standard InChI is InChI=1S/C18H21N7O2/c1-27-13-7-12(10-26)24(9-13)18-20-17(15-3-2-6-25(15)23-18)19-16-8-14(21-22-16)11-4-5-11/h2-3,6,8,10-13H,4-5,7,9H2,1H3,(H2,19,20,21,22,23)/t12-,13+/m1/s1. The van der Waals surface area contributed by atoms with E-state index in [0.29, 0.717) is 30.6 Å². The van der Waals surface area contributed by atoms with Crippen molar-refractivity contribution in [1.82, 2.24) is 24.8 Å². The number of fused-ring (bicyclic) bond motifs is 1. The van der Waals surface area contributed by atoms with E-state index in [1.807, 2.05) is 29.3 Å². The van der Waals surface area contributed by atoms with Crippen LogP contribution in [0.3, 0.4) is 0 Å². The number of carbonyl (C=O) groups is 1. The molecule has 0 bridgehead atoms. The molecule has 0 spiro atoms. The van der Waals surface area contributed by atoms with Crippen LogP contribution in [0.25, 0.3) is 5.52 Å². The maximum atomic E-state index is 11.5. The molecule has 3 aromatic heterocycles. The Morgan fingerprint density at radius 2 is 2.30 bits per heavy atom. The van der Waals surface area contributed by atoms with E-state index >= 15 is 0 Å². The van der Waals surface area contributed by atoms with Gasteiger partial charge in [0.2, 0.25) is 5.95 Å². The predicted octanol–water partition coefficient (Wildman–Crippen LogP) is 1.87. The molecule has 2 N–H and O–H groups in total. The lowest BCUT2D eigenvalue weighted by Crippen LogP contribution is -2.33. The average molecular weight is 367 g/mol. The van der Waals surface area contributed by atoms with Crippen LogP contribution in [0.4, 0.5) is 17.6 Å². The van der Waals surface area contributed by atoms with Gasteiger partial charge >= 0.3 is 0 Å². The van der Waals surface area contributed by atoms with Crippen molar-refractivity contribution in [3.63, 3.8) is 0 Å². The number of aldehydes is 1. The minimum absolute atomic E-state index is 0.00647. The van der Waals surface area contributed by atoms with Gasteiger partial charge in [-0.3, -0.25) is 5.10 Å². The fraction of sp³-hybridized carbons (Fsp3) is 0.444. The summed E-state index contributed by atoms with van der Waals surface area (Å²) < 4.78 is 7.20. The lowest BCUT2D eigenvalue weighted by atomic mass is 10.2. The third-order valence-corrected chi connectivity index (χ3v) is 5.29. The molecule has 2 aliphatic rings. The van der Waals surface area contributed by atoms with Gasteiger partial charge in [-0.1, -0.05) is 0 Å². The van der Waals surface area contributed by atoms with Crippen LogP contribution < -0.4 is 10.2 Å². The highest BCUT2D eigenvalue weighted by Crippen LogP contribution is 2.39. The largest absolute Gasteiger partial charge is 0.380 e. The van der Waals surface area contributed by atoms with Gasteiger partial charge in [-0.15, -0.1) is 5.10 Å². The summed E-state index contributed by atoms with van der Waals surface area (Å²) in [6.07, 6.45) is 5.86. The third kappa shape index (κ3) is 2.93. The highest BCUT2D eigenvalue weighted by molar-refractivity contribution is 5.74. The molecular formula is C18H21N7O2. The number of carbonyl (C=O) groups excluding carboxylic acids is 1. The Morgan fingerprint density at radius 3 is 3.07 bits per heavy atom. The zero-order chi connectivity index (χ0) is 18.4. The minimum atomic E-state index is -0.289. The number of H-pyrrole nitrogens is 1. The lowest BCUT2D eigenvalue weighted by molar-refractivity contribution is -0.109. The van der Waals surface area contributed by atoms with Crippen LogP contribution in [0.5, 0.6) is 0 Å². The molecule has 0 amide bonds. The number of hydrogen-bond acceptors (Lipinski definition) is 7. The first-order chi connectivity index (χ1) is 13.2. The van der Waals surface area contributed by atoms with Gasteiger partial charge in [-0.05, 0) is 25.0 Å². The molecule has 0 unspecified atom stereocenters. The van der Waals surface area contributed by atoms with Gasteiger partial charge in [0.25, 0.3) is 0 Å². The fourth-order valence-corrected chi connectivity index (χ4v) is 3.62.